The molecule has 0 aliphatic rings. The molecule has 2 heterocycles. The predicted octanol–water partition coefficient (Wildman–Crippen LogP) is 2.71. The summed E-state index contributed by atoms with van der Waals surface area (Å²) < 4.78 is 0. The molecule has 14 heavy (non-hydrogen) atoms. The van der Waals surface area contributed by atoms with Gasteiger partial charge in [0.25, 0.3) is 0 Å². The molecule has 2 aromatic rings. The van der Waals surface area contributed by atoms with E-state index in [1.807, 2.05) is 18.3 Å². The number of rotatable bonds is 2. The Morgan fingerprint density at radius 2 is 1.79 bits per heavy atom. The lowest BCUT2D eigenvalue weighted by molar-refractivity contribution is 1.04. The first-order valence-electron chi connectivity index (χ1n) is 4.75. The fourth-order valence-corrected chi connectivity index (χ4v) is 1.35. The van der Waals surface area contributed by atoms with Gasteiger partial charge in [-0.15, -0.1) is 0 Å². The van der Waals surface area contributed by atoms with Crippen LogP contribution in [0.5, 0.6) is 0 Å². The molecule has 2 aromatic heterocycles. The van der Waals surface area contributed by atoms with E-state index in [0.717, 1.165) is 23.2 Å². The molecule has 0 aromatic carbocycles. The third kappa shape index (κ3) is 1.79. The Hall–Kier alpha value is -1.70. The van der Waals surface area contributed by atoms with Crippen molar-refractivity contribution in [1.29, 1.82) is 0 Å². The molecule has 0 atom stereocenters. The summed E-state index contributed by atoms with van der Waals surface area (Å²) in [6.07, 6.45) is 6.48. The molecule has 0 amide bonds. The summed E-state index contributed by atoms with van der Waals surface area (Å²) >= 11 is 0. The van der Waals surface area contributed by atoms with Crippen molar-refractivity contribution in [3.63, 3.8) is 0 Å². The van der Waals surface area contributed by atoms with E-state index in [1.54, 1.807) is 12.4 Å². The van der Waals surface area contributed by atoms with Gasteiger partial charge in [-0.1, -0.05) is 13.0 Å². The topological polar surface area (TPSA) is 25.8 Å². The minimum absolute atomic E-state index is 0.983. The maximum Gasteiger partial charge on any atom is 0.0401 e. The van der Waals surface area contributed by atoms with Crippen molar-refractivity contribution in [3.05, 3.63) is 48.5 Å². The van der Waals surface area contributed by atoms with E-state index in [4.69, 9.17) is 0 Å². The van der Waals surface area contributed by atoms with Crippen LogP contribution in [-0.2, 0) is 6.42 Å². The van der Waals surface area contributed by atoms with Crippen molar-refractivity contribution < 1.29 is 0 Å². The number of nitrogens with zero attached hydrogens (tertiary/aromatic N) is 2. The Kier molecular flexibility index (Phi) is 2.54. The van der Waals surface area contributed by atoms with Crippen LogP contribution in [0.4, 0.5) is 0 Å². The van der Waals surface area contributed by atoms with Crippen molar-refractivity contribution in [2.24, 2.45) is 0 Å². The first-order chi connectivity index (χ1) is 6.90. The molecule has 0 fully saturated rings. The molecular weight excluding hydrogens is 172 g/mol. The summed E-state index contributed by atoms with van der Waals surface area (Å²) in [6, 6.07) is 8.14. The molecule has 0 aliphatic heterocycles. The van der Waals surface area contributed by atoms with Gasteiger partial charge >= 0.3 is 0 Å². The van der Waals surface area contributed by atoms with E-state index in [0.29, 0.717) is 0 Å². The van der Waals surface area contributed by atoms with Crippen molar-refractivity contribution in [2.45, 2.75) is 13.3 Å². The smallest absolute Gasteiger partial charge is 0.0401 e. The molecule has 2 heteroatoms. The fraction of sp³-hybridized carbons (Fsp3) is 0.167. The van der Waals surface area contributed by atoms with Gasteiger partial charge < -0.3 is 0 Å². The lowest BCUT2D eigenvalue weighted by Gasteiger charge is -2.01. The van der Waals surface area contributed by atoms with Crippen LogP contribution in [0.2, 0.25) is 0 Å². The minimum atomic E-state index is 0.983. The predicted molar refractivity (Wildman–Crippen MR) is 56.8 cm³/mol. The molecule has 0 unspecified atom stereocenters. The molecule has 2 nitrogen and oxygen atoms in total. The summed E-state index contributed by atoms with van der Waals surface area (Å²) in [5, 5.41) is 0. The number of hydrogen-bond acceptors (Lipinski definition) is 2. The van der Waals surface area contributed by atoms with Gasteiger partial charge in [0.2, 0.25) is 0 Å². The first-order valence-corrected chi connectivity index (χ1v) is 4.75. The maximum absolute atomic E-state index is 4.35. The summed E-state index contributed by atoms with van der Waals surface area (Å²) in [7, 11) is 0. The van der Waals surface area contributed by atoms with Crippen LogP contribution in [0.3, 0.4) is 0 Å². The average molecular weight is 184 g/mol. The SMILES string of the molecule is CCc1ccc(-c2ccncc2)cn1. The van der Waals surface area contributed by atoms with E-state index in [2.05, 4.69) is 29.0 Å². The Bertz CT molecular complexity index is 392. The van der Waals surface area contributed by atoms with Crippen LogP contribution < -0.4 is 0 Å². The zero-order valence-corrected chi connectivity index (χ0v) is 8.14. The molecule has 0 N–H and O–H groups in total. The van der Waals surface area contributed by atoms with Crippen LogP contribution >= 0.6 is 0 Å². The number of pyridine rings is 2. The standard InChI is InChI=1S/C12H12N2/c1-2-12-4-3-11(9-14-12)10-5-7-13-8-6-10/h3-9H,2H2,1H3. The van der Waals surface area contributed by atoms with E-state index < -0.39 is 0 Å². The van der Waals surface area contributed by atoms with Crippen molar-refractivity contribution in [1.82, 2.24) is 9.97 Å². The summed E-state index contributed by atoms with van der Waals surface area (Å²) in [6.45, 7) is 2.11. The molecule has 0 radical (unpaired) electrons. The lowest BCUT2D eigenvalue weighted by Crippen LogP contribution is -1.86. The Morgan fingerprint density at radius 3 is 2.36 bits per heavy atom. The van der Waals surface area contributed by atoms with E-state index in [9.17, 15) is 0 Å². The Labute approximate surface area is 83.7 Å². The quantitative estimate of drug-likeness (QED) is 0.717. The van der Waals surface area contributed by atoms with Gasteiger partial charge in [0.1, 0.15) is 0 Å². The Morgan fingerprint density at radius 1 is 1.00 bits per heavy atom. The normalized spacial score (nSPS) is 10.1. The number of aryl methyl sites for hydroxylation is 1. The third-order valence-corrected chi connectivity index (χ3v) is 2.20. The van der Waals surface area contributed by atoms with Gasteiger partial charge in [0.05, 0.1) is 0 Å². The van der Waals surface area contributed by atoms with Crippen molar-refractivity contribution >= 4 is 0 Å². The molecule has 0 saturated heterocycles. The van der Waals surface area contributed by atoms with Gasteiger partial charge in [0, 0.05) is 29.8 Å². The summed E-state index contributed by atoms with van der Waals surface area (Å²) in [4.78, 5) is 8.34. The van der Waals surface area contributed by atoms with Gasteiger partial charge in [-0.3, -0.25) is 9.97 Å². The number of aromatic nitrogens is 2. The van der Waals surface area contributed by atoms with Crippen LogP contribution in [-0.4, -0.2) is 9.97 Å². The fourth-order valence-electron chi connectivity index (χ4n) is 1.35. The van der Waals surface area contributed by atoms with Crippen molar-refractivity contribution in [3.8, 4) is 11.1 Å². The highest BCUT2D eigenvalue weighted by atomic mass is 14.7. The van der Waals surface area contributed by atoms with Gasteiger partial charge in [-0.05, 0) is 30.2 Å². The maximum atomic E-state index is 4.35. The van der Waals surface area contributed by atoms with Crippen LogP contribution in [0, 0.1) is 0 Å². The lowest BCUT2D eigenvalue weighted by atomic mass is 10.1. The minimum Gasteiger partial charge on any atom is -0.265 e. The second-order valence-corrected chi connectivity index (χ2v) is 3.13. The second kappa shape index (κ2) is 4.01. The largest absolute Gasteiger partial charge is 0.265 e. The van der Waals surface area contributed by atoms with E-state index in [1.165, 1.54) is 0 Å². The molecule has 70 valence electrons. The zero-order chi connectivity index (χ0) is 9.80. The van der Waals surface area contributed by atoms with Crippen molar-refractivity contribution in [2.75, 3.05) is 0 Å². The van der Waals surface area contributed by atoms with Crippen LogP contribution in [0.25, 0.3) is 11.1 Å². The first kappa shape index (κ1) is 8.88. The highest BCUT2D eigenvalue weighted by molar-refractivity contribution is 5.61. The Balaban J connectivity index is 2.34. The zero-order valence-electron chi connectivity index (χ0n) is 8.14. The molecule has 0 aliphatic carbocycles. The third-order valence-electron chi connectivity index (χ3n) is 2.20. The summed E-state index contributed by atoms with van der Waals surface area (Å²) in [5.41, 5.74) is 3.43. The molecule has 0 bridgehead atoms. The molecular formula is C12H12N2. The van der Waals surface area contributed by atoms with Gasteiger partial charge in [-0.25, -0.2) is 0 Å². The van der Waals surface area contributed by atoms with Gasteiger partial charge in [-0.2, -0.15) is 0 Å². The highest BCUT2D eigenvalue weighted by Crippen LogP contribution is 2.16. The van der Waals surface area contributed by atoms with E-state index >= 15 is 0 Å². The highest BCUT2D eigenvalue weighted by Gasteiger charge is 1.96. The molecule has 2 rings (SSSR count). The van der Waals surface area contributed by atoms with Crippen LogP contribution in [0.15, 0.2) is 42.9 Å². The van der Waals surface area contributed by atoms with E-state index in [-0.39, 0.29) is 0 Å². The average Bonchev–Trinajstić information content (AvgIpc) is 2.30. The second-order valence-electron chi connectivity index (χ2n) is 3.13. The summed E-state index contributed by atoms with van der Waals surface area (Å²) in [5.74, 6) is 0. The van der Waals surface area contributed by atoms with Crippen LogP contribution in [0.1, 0.15) is 12.6 Å². The number of hydrogen-bond donors (Lipinski definition) is 0. The van der Waals surface area contributed by atoms with Gasteiger partial charge in [0.15, 0.2) is 0 Å². The molecule has 0 saturated carbocycles. The molecule has 0 spiro atoms. The monoisotopic (exact) mass is 184 g/mol.